The Hall–Kier alpha value is -7.17. The number of amides is 3. The van der Waals surface area contributed by atoms with Crippen LogP contribution in [-0.2, 0) is 41.5 Å². The normalized spacial score (nSPS) is 19.9. The quantitative estimate of drug-likeness (QED) is 0.136. The highest BCUT2D eigenvalue weighted by molar-refractivity contribution is 6.00. The number of aryl methyl sites for hydroxylation is 2. The summed E-state index contributed by atoms with van der Waals surface area (Å²) in [6.45, 7) is 5.84. The van der Waals surface area contributed by atoms with Crippen LogP contribution in [0.5, 0.6) is 0 Å². The first kappa shape index (κ1) is 45.0. The van der Waals surface area contributed by atoms with Crippen molar-refractivity contribution in [3.05, 3.63) is 125 Å². The van der Waals surface area contributed by atoms with Crippen LogP contribution in [0.3, 0.4) is 0 Å². The van der Waals surface area contributed by atoms with Gasteiger partial charge in [-0.05, 0) is 147 Å². The van der Waals surface area contributed by atoms with Crippen LogP contribution < -0.4 is 11.0 Å². The standard InChI is InChI=1S/C55H59N11O5/c1-60-43(29-45-44(16-21-56-52(45)60)40-11-12-46-41(27-40)30-58-66(46)51-5-3-4-26-71-51)34-62-22-19-37(20-23-62)36-6-8-38(9-7-36)54(69)63-24-17-35(18-25-63)32-64-33-42(31-57-64)39-10-13-47-49(28-39)61(2)55(70)65(47)48-14-15-50(67)59-53(48)68/h6-13,16,21,27-31,33,35,37,48,51H,3-5,14-15,17-20,22-26,32,34H2,1-2H3,(H,59,67,68). The molecule has 16 nitrogen and oxygen atoms in total. The van der Waals surface area contributed by atoms with Crippen molar-refractivity contribution in [3.8, 4) is 22.3 Å². The van der Waals surface area contributed by atoms with Gasteiger partial charge in [0.1, 0.15) is 11.7 Å². The van der Waals surface area contributed by atoms with Gasteiger partial charge in [0, 0.05) is 93.3 Å². The van der Waals surface area contributed by atoms with E-state index in [0.29, 0.717) is 42.4 Å². The molecule has 1 N–H and O–H groups in total. The van der Waals surface area contributed by atoms with E-state index in [-0.39, 0.29) is 30.2 Å². The van der Waals surface area contributed by atoms with Crippen LogP contribution in [0.1, 0.15) is 97.6 Å². The number of nitrogens with zero attached hydrogens (tertiary/aromatic N) is 10. The number of fused-ring (bicyclic) bond motifs is 3. The molecule has 3 amide bonds. The number of hydrogen-bond donors (Lipinski definition) is 1. The molecule has 12 rings (SSSR count). The Morgan fingerprint density at radius 1 is 0.761 bits per heavy atom. The molecule has 4 aliphatic heterocycles. The lowest BCUT2D eigenvalue weighted by atomic mass is 9.88. The summed E-state index contributed by atoms with van der Waals surface area (Å²) in [5, 5.41) is 14.1. The lowest BCUT2D eigenvalue weighted by Gasteiger charge is -2.33. The monoisotopic (exact) mass is 953 g/mol. The predicted octanol–water partition coefficient (Wildman–Crippen LogP) is 7.72. The Morgan fingerprint density at radius 3 is 2.35 bits per heavy atom. The van der Waals surface area contributed by atoms with Gasteiger partial charge < -0.3 is 14.2 Å². The molecular formula is C55H59N11O5. The average Bonchev–Trinajstić information content (AvgIpc) is 4.18. The van der Waals surface area contributed by atoms with Crippen LogP contribution in [0.4, 0.5) is 0 Å². The molecule has 5 aromatic heterocycles. The molecule has 9 heterocycles. The number of imidazole rings is 1. The predicted molar refractivity (Wildman–Crippen MR) is 270 cm³/mol. The lowest BCUT2D eigenvalue weighted by Crippen LogP contribution is -2.44. The molecule has 2 atom stereocenters. The third-order valence-electron chi connectivity index (χ3n) is 15.9. The average molecular weight is 954 g/mol. The van der Waals surface area contributed by atoms with Gasteiger partial charge in [-0.2, -0.15) is 10.2 Å². The molecule has 4 aliphatic rings. The Balaban J connectivity index is 0.630. The number of carbonyl (C=O) groups excluding carboxylic acids is 3. The number of nitrogens with one attached hydrogen (secondary N) is 1. The molecule has 2 unspecified atom stereocenters. The van der Waals surface area contributed by atoms with Crippen LogP contribution in [0.15, 0.2) is 102 Å². The number of rotatable bonds is 10. The molecule has 8 aromatic rings. The minimum atomic E-state index is -0.725. The number of benzene rings is 3. The highest BCUT2D eigenvalue weighted by Gasteiger charge is 2.32. The van der Waals surface area contributed by atoms with E-state index >= 15 is 0 Å². The molecular weight excluding hydrogens is 895 g/mol. The third kappa shape index (κ3) is 8.45. The zero-order chi connectivity index (χ0) is 48.3. The fourth-order valence-corrected chi connectivity index (χ4v) is 11.7. The maximum absolute atomic E-state index is 13.7. The maximum Gasteiger partial charge on any atom is 0.329 e. The number of ether oxygens (including phenoxy) is 1. The van der Waals surface area contributed by atoms with E-state index in [9.17, 15) is 19.2 Å². The summed E-state index contributed by atoms with van der Waals surface area (Å²) in [6, 6.07) is 24.5. The van der Waals surface area contributed by atoms with Crippen molar-refractivity contribution in [2.45, 2.75) is 89.1 Å². The van der Waals surface area contributed by atoms with Gasteiger partial charge in [0.15, 0.2) is 6.23 Å². The van der Waals surface area contributed by atoms with Gasteiger partial charge in [0.25, 0.3) is 5.91 Å². The minimum absolute atomic E-state index is 0.00854. The fraction of sp³-hybridized carbons (Fsp3) is 0.400. The number of piperidine rings is 3. The molecule has 364 valence electrons. The third-order valence-corrected chi connectivity index (χ3v) is 15.9. The highest BCUT2D eigenvalue weighted by atomic mass is 16.5. The highest BCUT2D eigenvalue weighted by Crippen LogP contribution is 2.36. The van der Waals surface area contributed by atoms with Crippen molar-refractivity contribution in [3.63, 3.8) is 0 Å². The van der Waals surface area contributed by atoms with Gasteiger partial charge in [-0.15, -0.1) is 0 Å². The first-order valence-electron chi connectivity index (χ1n) is 25.3. The summed E-state index contributed by atoms with van der Waals surface area (Å²) >= 11 is 0. The van der Waals surface area contributed by atoms with E-state index in [1.54, 1.807) is 11.6 Å². The Bertz CT molecular complexity index is 3390. The molecule has 71 heavy (non-hydrogen) atoms. The summed E-state index contributed by atoms with van der Waals surface area (Å²) in [5.74, 6) is 0.182. The fourth-order valence-electron chi connectivity index (χ4n) is 11.7. The van der Waals surface area contributed by atoms with Crippen LogP contribution in [0.25, 0.3) is 55.2 Å². The van der Waals surface area contributed by atoms with Crippen molar-refractivity contribution in [1.29, 1.82) is 0 Å². The number of pyridine rings is 1. The second-order valence-corrected chi connectivity index (χ2v) is 20.2. The van der Waals surface area contributed by atoms with E-state index < -0.39 is 11.9 Å². The first-order valence-corrected chi connectivity index (χ1v) is 25.3. The van der Waals surface area contributed by atoms with Crippen molar-refractivity contribution >= 4 is 50.7 Å². The largest absolute Gasteiger partial charge is 0.356 e. The van der Waals surface area contributed by atoms with Gasteiger partial charge >= 0.3 is 5.69 Å². The maximum atomic E-state index is 13.7. The van der Waals surface area contributed by atoms with E-state index in [1.165, 1.54) is 21.4 Å². The van der Waals surface area contributed by atoms with Crippen molar-refractivity contribution < 1.29 is 19.1 Å². The molecule has 16 heteroatoms. The van der Waals surface area contributed by atoms with Crippen LogP contribution in [0.2, 0.25) is 0 Å². The van der Waals surface area contributed by atoms with Crippen LogP contribution >= 0.6 is 0 Å². The summed E-state index contributed by atoms with van der Waals surface area (Å²) in [7, 11) is 3.83. The summed E-state index contributed by atoms with van der Waals surface area (Å²) in [6.07, 6.45) is 15.5. The van der Waals surface area contributed by atoms with E-state index in [1.807, 2.05) is 69.4 Å². The van der Waals surface area contributed by atoms with Gasteiger partial charge in [-0.3, -0.25) is 38.4 Å². The Kier molecular flexibility index (Phi) is 11.7. The van der Waals surface area contributed by atoms with Crippen LogP contribution in [0, 0.1) is 5.92 Å². The molecule has 4 fully saturated rings. The van der Waals surface area contributed by atoms with E-state index in [0.717, 1.165) is 122 Å². The number of imide groups is 1. The second-order valence-electron chi connectivity index (χ2n) is 20.2. The van der Waals surface area contributed by atoms with Crippen molar-refractivity contribution in [2.24, 2.45) is 20.0 Å². The van der Waals surface area contributed by atoms with Crippen LogP contribution in [-0.4, -0.2) is 98.6 Å². The molecule has 4 saturated heterocycles. The number of hydrogen-bond acceptors (Lipinski definition) is 9. The summed E-state index contributed by atoms with van der Waals surface area (Å²) in [5.41, 5.74) is 10.7. The molecule has 0 aliphatic carbocycles. The number of likely N-dealkylation sites (tertiary alicyclic amines) is 2. The molecule has 3 aromatic carbocycles. The number of aromatic nitrogens is 8. The minimum Gasteiger partial charge on any atom is -0.356 e. The summed E-state index contributed by atoms with van der Waals surface area (Å²) in [4.78, 5) is 60.8. The van der Waals surface area contributed by atoms with Crippen molar-refractivity contribution in [1.82, 2.24) is 53.4 Å². The zero-order valence-corrected chi connectivity index (χ0v) is 40.4. The molecule has 0 spiro atoms. The van der Waals surface area contributed by atoms with Gasteiger partial charge in [-0.1, -0.05) is 24.3 Å². The Labute approximate surface area is 410 Å². The smallest absolute Gasteiger partial charge is 0.329 e. The lowest BCUT2D eigenvalue weighted by molar-refractivity contribution is -0.135. The molecule has 0 radical (unpaired) electrons. The van der Waals surface area contributed by atoms with Crippen molar-refractivity contribution in [2.75, 3.05) is 32.8 Å². The number of carbonyl (C=O) groups is 3. The zero-order valence-electron chi connectivity index (χ0n) is 40.4. The van der Waals surface area contributed by atoms with Gasteiger partial charge in [-0.25, -0.2) is 14.5 Å². The topological polar surface area (TPSA) is 159 Å². The second kappa shape index (κ2) is 18.5. The molecule has 0 saturated carbocycles. The molecule has 0 bridgehead atoms. The SMILES string of the molecule is Cn1c(CN2CCC(c3ccc(C(=O)N4CCC(Cn5cc(-c6ccc7c(c6)n(C)c(=O)n7C6CCC(=O)NC6=O)cn5)CC4)cc3)CC2)cc2c(-c3ccc4c(cnn4C4CCCCO4)c3)ccnc21. The van der Waals surface area contributed by atoms with Gasteiger partial charge in [0.2, 0.25) is 11.8 Å². The van der Waals surface area contributed by atoms with Gasteiger partial charge in [0.05, 0.1) is 28.9 Å². The van der Waals surface area contributed by atoms with E-state index in [2.05, 4.69) is 69.4 Å². The Morgan fingerprint density at radius 2 is 1.56 bits per heavy atom. The first-order chi connectivity index (χ1) is 34.6. The van der Waals surface area contributed by atoms with E-state index in [4.69, 9.17) is 14.8 Å². The summed E-state index contributed by atoms with van der Waals surface area (Å²) < 4.78 is 15.4.